The molecule has 0 spiro atoms. The van der Waals surface area contributed by atoms with Gasteiger partial charge in [0, 0.05) is 45.9 Å². The van der Waals surface area contributed by atoms with Crippen molar-refractivity contribution in [1.82, 2.24) is 9.80 Å². The number of nitrogens with zero attached hydrogens (tertiary/aromatic N) is 6. The molecular formula is C50H102N6O15Si2+4. The van der Waals surface area contributed by atoms with E-state index in [4.69, 9.17) is 42.0 Å². The smallest absolute Gasteiger partial charge is 0.361 e. The first-order valence-electron chi connectivity index (χ1n) is 27.1. The van der Waals surface area contributed by atoms with E-state index in [0.29, 0.717) is 83.4 Å². The Balaban J connectivity index is 1.14. The molecule has 0 aromatic carbocycles. The molecule has 0 amide bonds. The standard InChI is InChI=1S/C50H102N6O15Si2/c1-11-45(57)43-65-26-12-36-72(7,8)71-73(9,10)37-13-27-66-44-46(58)38-52-16-20-54(4,21-17-52)40-48(60)68-33-29-64-31-35-70-50(62)42-56(6)24-22-55(5,23-25-56)41-49(61)69-34-30-63-28-32-67-47(59)39-53(3)18-14-51(2)15-19-53/h45-46,57-58H,11-44H2,1-10H3/q+4. The van der Waals surface area contributed by atoms with Crippen molar-refractivity contribution in [2.45, 2.75) is 76.7 Å². The second-order valence-electron chi connectivity index (χ2n) is 23.3. The molecule has 0 radical (unpaired) electrons. The third-order valence-corrected chi connectivity index (χ3v) is 22.1. The number of quaternary nitrogens is 4. The van der Waals surface area contributed by atoms with Gasteiger partial charge < -0.3 is 70.2 Å². The highest BCUT2D eigenvalue weighted by Gasteiger charge is 2.41. The van der Waals surface area contributed by atoms with Crippen molar-refractivity contribution in [3.05, 3.63) is 0 Å². The van der Waals surface area contributed by atoms with Crippen molar-refractivity contribution in [2.75, 3.05) is 226 Å². The minimum atomic E-state index is -1.85. The van der Waals surface area contributed by atoms with Crippen LogP contribution in [0.2, 0.25) is 38.3 Å². The van der Waals surface area contributed by atoms with Crippen LogP contribution < -0.4 is 0 Å². The predicted octanol–water partition coefficient (Wildman–Crippen LogP) is 0.625. The number of carbonyl (C=O) groups excluding carboxylic acids is 4. The normalized spacial score (nSPS) is 22.6. The lowest BCUT2D eigenvalue weighted by molar-refractivity contribution is -1.01. The Kier molecular flexibility index (Phi) is 29.0. The molecule has 3 aliphatic rings. The van der Waals surface area contributed by atoms with E-state index in [0.717, 1.165) is 77.3 Å². The van der Waals surface area contributed by atoms with Crippen LogP contribution in [0, 0.1) is 0 Å². The summed E-state index contributed by atoms with van der Waals surface area (Å²) in [5.41, 5.74) is 0. The summed E-state index contributed by atoms with van der Waals surface area (Å²) in [5.74, 6) is -1.13. The zero-order valence-electron chi connectivity index (χ0n) is 47.1. The monoisotopic (exact) mass is 1080 g/mol. The van der Waals surface area contributed by atoms with E-state index in [1.807, 2.05) is 21.0 Å². The Bertz CT molecular complexity index is 1610. The number of hydrogen-bond donors (Lipinski definition) is 2. The van der Waals surface area contributed by atoms with E-state index in [1.54, 1.807) is 0 Å². The number of aliphatic hydroxyl groups excluding tert-OH is 2. The number of esters is 4. The molecule has 0 bridgehead atoms. The molecule has 3 saturated heterocycles. The molecule has 3 heterocycles. The molecule has 3 fully saturated rings. The number of likely N-dealkylation sites (N-methyl/N-ethyl adjacent to an activating group) is 5. The van der Waals surface area contributed by atoms with Crippen molar-refractivity contribution in [2.24, 2.45) is 0 Å². The molecule has 2 N–H and O–H groups in total. The third-order valence-electron chi connectivity index (χ3n) is 14.6. The zero-order chi connectivity index (χ0) is 54.0. The molecule has 3 rings (SSSR count). The molecule has 3 aliphatic heterocycles. The lowest BCUT2D eigenvalue weighted by atomic mass is 10.2. The van der Waals surface area contributed by atoms with Gasteiger partial charge >= 0.3 is 23.9 Å². The van der Waals surface area contributed by atoms with Gasteiger partial charge in [-0.2, -0.15) is 0 Å². The first-order valence-corrected chi connectivity index (χ1v) is 33.3. The van der Waals surface area contributed by atoms with Crippen LogP contribution >= 0.6 is 0 Å². The number of ether oxygens (including phenoxy) is 8. The number of rotatable bonds is 37. The van der Waals surface area contributed by atoms with Gasteiger partial charge in [0.25, 0.3) is 0 Å². The van der Waals surface area contributed by atoms with Crippen LogP contribution in [0.15, 0.2) is 0 Å². The number of aliphatic hydroxyl groups is 2. The summed E-state index contributed by atoms with van der Waals surface area (Å²) in [5, 5.41) is 20.4. The van der Waals surface area contributed by atoms with Crippen molar-refractivity contribution in [3.63, 3.8) is 0 Å². The highest BCUT2D eigenvalue weighted by molar-refractivity contribution is 6.84. The number of carbonyl (C=O) groups is 4. The average Bonchev–Trinajstić information content (AvgIpc) is 3.30. The minimum absolute atomic E-state index is 0.102. The maximum Gasteiger partial charge on any atom is 0.361 e. The quantitative estimate of drug-likeness (QED) is 0.0289. The van der Waals surface area contributed by atoms with Gasteiger partial charge in [0.15, 0.2) is 42.8 Å². The van der Waals surface area contributed by atoms with Crippen molar-refractivity contribution < 1.29 is 89.3 Å². The van der Waals surface area contributed by atoms with Crippen LogP contribution in [0.4, 0.5) is 0 Å². The van der Waals surface area contributed by atoms with Crippen LogP contribution in [-0.2, 0) is 61.2 Å². The van der Waals surface area contributed by atoms with E-state index in [-0.39, 0.29) is 109 Å². The average molecular weight is 1080 g/mol. The van der Waals surface area contributed by atoms with E-state index >= 15 is 0 Å². The molecule has 23 heteroatoms. The van der Waals surface area contributed by atoms with Crippen LogP contribution in [-0.4, -0.2) is 316 Å². The lowest BCUT2D eigenvalue weighted by Gasteiger charge is -2.45. The van der Waals surface area contributed by atoms with Gasteiger partial charge in [-0.25, -0.2) is 19.2 Å². The maximum absolute atomic E-state index is 12.7. The van der Waals surface area contributed by atoms with E-state index in [1.165, 1.54) is 0 Å². The van der Waals surface area contributed by atoms with Gasteiger partial charge in [0.05, 0.1) is 106 Å². The summed E-state index contributed by atoms with van der Waals surface area (Å²) in [7, 11) is 6.60. The largest absolute Gasteiger partial charge is 0.459 e. The summed E-state index contributed by atoms with van der Waals surface area (Å²) in [6.07, 6.45) is 1.58. The Labute approximate surface area is 440 Å². The van der Waals surface area contributed by atoms with Crippen molar-refractivity contribution in [3.8, 4) is 0 Å². The second-order valence-corrected chi connectivity index (χ2v) is 32.2. The second kappa shape index (κ2) is 32.5. The molecule has 2 atom stereocenters. The Morgan fingerprint density at radius 1 is 0.479 bits per heavy atom. The van der Waals surface area contributed by atoms with Crippen LogP contribution in [0.5, 0.6) is 0 Å². The number of hydrogen-bond acceptors (Lipinski definition) is 17. The summed E-state index contributed by atoms with van der Waals surface area (Å²) in [4.78, 5) is 54.9. The first-order chi connectivity index (χ1) is 34.3. The molecular weight excluding hydrogens is 981 g/mol. The van der Waals surface area contributed by atoms with Gasteiger partial charge in [0.1, 0.15) is 52.6 Å². The lowest BCUT2D eigenvalue weighted by Crippen LogP contribution is -2.66. The number of piperazine rings is 3. The zero-order valence-corrected chi connectivity index (χ0v) is 49.1. The molecule has 0 aliphatic carbocycles. The third kappa shape index (κ3) is 28.7. The molecule has 73 heavy (non-hydrogen) atoms. The van der Waals surface area contributed by atoms with Gasteiger partial charge in [-0.3, -0.25) is 9.80 Å². The topological polar surface area (TPSA) is 198 Å². The van der Waals surface area contributed by atoms with Crippen molar-refractivity contribution in [1.29, 1.82) is 0 Å². The van der Waals surface area contributed by atoms with Gasteiger partial charge in [-0.15, -0.1) is 0 Å². The van der Waals surface area contributed by atoms with E-state index < -0.39 is 22.7 Å². The highest BCUT2D eigenvalue weighted by Crippen LogP contribution is 2.24. The van der Waals surface area contributed by atoms with Crippen LogP contribution in [0.3, 0.4) is 0 Å². The predicted molar refractivity (Wildman–Crippen MR) is 281 cm³/mol. The van der Waals surface area contributed by atoms with Gasteiger partial charge in [-0.05, 0) is 64.6 Å². The van der Waals surface area contributed by atoms with E-state index in [9.17, 15) is 29.4 Å². The molecule has 0 saturated carbocycles. The fourth-order valence-corrected chi connectivity index (χ4v) is 18.3. The Morgan fingerprint density at radius 3 is 1.16 bits per heavy atom. The summed E-state index contributed by atoms with van der Waals surface area (Å²) < 4.78 is 53.3. The summed E-state index contributed by atoms with van der Waals surface area (Å²) in [6, 6.07) is 2.03. The molecule has 0 aromatic rings. The molecule has 21 nitrogen and oxygen atoms in total. The van der Waals surface area contributed by atoms with Gasteiger partial charge in [0.2, 0.25) is 0 Å². The van der Waals surface area contributed by atoms with Gasteiger partial charge in [-0.1, -0.05) is 6.92 Å². The molecule has 2 unspecified atom stereocenters. The Hall–Kier alpha value is -2.21. The molecule has 426 valence electrons. The first kappa shape index (κ1) is 65.1. The Morgan fingerprint density at radius 2 is 0.808 bits per heavy atom. The summed E-state index contributed by atoms with van der Waals surface area (Å²) >= 11 is 0. The fourth-order valence-electron chi connectivity index (χ4n) is 9.49. The number of β-amino-alcohol motifs (C(OH)–C–C–N with tert-alkyl or cyclic N) is 1. The highest BCUT2D eigenvalue weighted by atomic mass is 28.4. The minimum Gasteiger partial charge on any atom is -0.459 e. The summed E-state index contributed by atoms with van der Waals surface area (Å²) in [6.45, 7) is 25.6. The van der Waals surface area contributed by atoms with Crippen LogP contribution in [0.25, 0.3) is 0 Å². The van der Waals surface area contributed by atoms with E-state index in [2.05, 4.69) is 57.1 Å². The molecule has 0 aromatic heterocycles. The maximum atomic E-state index is 12.7. The fraction of sp³-hybridized carbons (Fsp3) is 0.920. The van der Waals surface area contributed by atoms with Crippen LogP contribution in [0.1, 0.15) is 26.2 Å². The SMILES string of the molecule is CCC(O)COCCC[Si](C)(C)O[Si](C)(C)CCCOCC(O)CN1CC[N+](C)(CC(=O)OCCOCCOC(=O)C[N+]2(C)CC[N+](C)(CC(=O)OCCOCCOC(=O)C[N+]3(C)CCN(C)CC3)CC2)CC1. The van der Waals surface area contributed by atoms with Crippen molar-refractivity contribution >= 4 is 40.5 Å².